The second kappa shape index (κ2) is 5.78. The lowest BCUT2D eigenvalue weighted by Gasteiger charge is -2.12. The topological polar surface area (TPSA) is 58.0 Å². The highest BCUT2D eigenvalue weighted by Crippen LogP contribution is 2.25. The minimum atomic E-state index is -0.106. The summed E-state index contributed by atoms with van der Waals surface area (Å²) in [6.07, 6.45) is 3.65. The van der Waals surface area contributed by atoms with E-state index in [4.69, 9.17) is 0 Å². The molecule has 0 aliphatic heterocycles. The number of nitrogens with zero attached hydrogens (tertiary/aromatic N) is 2. The quantitative estimate of drug-likeness (QED) is 0.838. The van der Waals surface area contributed by atoms with E-state index in [9.17, 15) is 5.11 Å². The van der Waals surface area contributed by atoms with E-state index in [0.717, 1.165) is 48.5 Å². The number of rotatable bonds is 4. The van der Waals surface area contributed by atoms with Gasteiger partial charge in [0.05, 0.1) is 6.10 Å². The van der Waals surface area contributed by atoms with Gasteiger partial charge in [-0.15, -0.1) is 0 Å². The van der Waals surface area contributed by atoms with Crippen molar-refractivity contribution in [2.75, 3.05) is 11.9 Å². The molecule has 2 atom stereocenters. The minimum absolute atomic E-state index is 0.106. The number of anilines is 1. The number of halogens is 1. The molecule has 0 radical (unpaired) electrons. The Bertz CT molecular complexity index is 386. The second-order valence-electron chi connectivity index (χ2n) is 4.56. The van der Waals surface area contributed by atoms with Gasteiger partial charge in [-0.1, -0.05) is 6.92 Å². The molecule has 0 amide bonds. The highest BCUT2D eigenvalue weighted by molar-refractivity contribution is 9.10. The number of aromatic nitrogens is 2. The Morgan fingerprint density at radius 3 is 2.94 bits per heavy atom. The molecule has 1 saturated carbocycles. The van der Waals surface area contributed by atoms with Crippen molar-refractivity contribution < 1.29 is 5.11 Å². The van der Waals surface area contributed by atoms with Crippen LogP contribution in [0, 0.1) is 5.92 Å². The molecule has 2 rings (SSSR count). The zero-order valence-corrected chi connectivity index (χ0v) is 11.6. The van der Waals surface area contributed by atoms with Crippen LogP contribution in [0.1, 0.15) is 32.0 Å². The first kappa shape index (κ1) is 12.8. The molecular formula is C12H18BrN3O. The van der Waals surface area contributed by atoms with Crippen molar-refractivity contribution in [1.82, 2.24) is 9.97 Å². The van der Waals surface area contributed by atoms with Gasteiger partial charge in [-0.3, -0.25) is 0 Å². The van der Waals surface area contributed by atoms with Crippen LogP contribution in [-0.2, 0) is 6.42 Å². The van der Waals surface area contributed by atoms with E-state index < -0.39 is 0 Å². The van der Waals surface area contributed by atoms with E-state index in [-0.39, 0.29) is 6.10 Å². The zero-order chi connectivity index (χ0) is 12.3. The van der Waals surface area contributed by atoms with E-state index in [1.807, 2.05) is 13.0 Å². The van der Waals surface area contributed by atoms with Gasteiger partial charge < -0.3 is 10.4 Å². The highest BCUT2D eigenvalue weighted by Gasteiger charge is 2.22. The summed E-state index contributed by atoms with van der Waals surface area (Å²) < 4.78 is 0.818. The van der Waals surface area contributed by atoms with Gasteiger partial charge in [0.2, 0.25) is 0 Å². The number of aryl methyl sites for hydroxylation is 1. The Morgan fingerprint density at radius 2 is 2.29 bits per heavy atom. The van der Waals surface area contributed by atoms with Crippen LogP contribution in [0.4, 0.5) is 5.82 Å². The molecule has 2 unspecified atom stereocenters. The molecule has 17 heavy (non-hydrogen) atoms. The Balaban J connectivity index is 1.92. The van der Waals surface area contributed by atoms with E-state index in [1.54, 1.807) is 0 Å². The summed E-state index contributed by atoms with van der Waals surface area (Å²) in [4.78, 5) is 8.69. The smallest absolute Gasteiger partial charge is 0.131 e. The van der Waals surface area contributed by atoms with Gasteiger partial charge in [-0.25, -0.2) is 9.97 Å². The molecule has 0 saturated heterocycles. The third-order valence-corrected chi connectivity index (χ3v) is 3.55. The van der Waals surface area contributed by atoms with Crippen LogP contribution in [0.15, 0.2) is 10.7 Å². The van der Waals surface area contributed by atoms with Gasteiger partial charge in [0.15, 0.2) is 0 Å². The van der Waals surface area contributed by atoms with Crippen molar-refractivity contribution in [1.29, 1.82) is 0 Å². The normalized spacial score (nSPS) is 23.9. The first-order chi connectivity index (χ1) is 8.17. The van der Waals surface area contributed by atoms with Gasteiger partial charge in [-0.2, -0.15) is 0 Å². The number of hydrogen-bond donors (Lipinski definition) is 2. The molecular weight excluding hydrogens is 282 g/mol. The summed E-state index contributed by atoms with van der Waals surface area (Å²) in [6.45, 7) is 2.92. The summed E-state index contributed by atoms with van der Waals surface area (Å²) in [6, 6.07) is 1.89. The Hall–Kier alpha value is -0.680. The lowest BCUT2D eigenvalue weighted by Crippen LogP contribution is -2.14. The van der Waals surface area contributed by atoms with Crippen LogP contribution in [-0.4, -0.2) is 27.7 Å². The van der Waals surface area contributed by atoms with Gasteiger partial charge in [-0.05, 0) is 41.1 Å². The Labute approximate surface area is 110 Å². The summed E-state index contributed by atoms with van der Waals surface area (Å²) in [7, 11) is 0. The van der Waals surface area contributed by atoms with Gasteiger partial charge in [0.1, 0.15) is 16.2 Å². The fraction of sp³-hybridized carbons (Fsp3) is 0.667. The molecule has 94 valence electrons. The standard InChI is InChI=1S/C12H18BrN3O/c1-2-11-15-10(13)6-12(16-11)14-7-8-3-4-9(17)5-8/h6,8-9,17H,2-5,7H2,1H3,(H,14,15,16). The molecule has 0 spiro atoms. The molecule has 2 N–H and O–H groups in total. The Kier molecular flexibility index (Phi) is 4.34. The first-order valence-electron chi connectivity index (χ1n) is 6.12. The fourth-order valence-corrected chi connectivity index (χ4v) is 2.62. The molecule has 1 heterocycles. The minimum Gasteiger partial charge on any atom is -0.393 e. The maximum absolute atomic E-state index is 9.46. The van der Waals surface area contributed by atoms with Crippen molar-refractivity contribution >= 4 is 21.7 Å². The van der Waals surface area contributed by atoms with Crippen LogP contribution < -0.4 is 5.32 Å². The molecule has 0 bridgehead atoms. The summed E-state index contributed by atoms with van der Waals surface area (Å²) >= 11 is 3.39. The maximum atomic E-state index is 9.46. The van der Waals surface area contributed by atoms with Gasteiger partial charge in [0, 0.05) is 19.0 Å². The predicted octanol–water partition coefficient (Wildman–Crippen LogP) is 2.37. The van der Waals surface area contributed by atoms with Crippen molar-refractivity contribution in [3.63, 3.8) is 0 Å². The Morgan fingerprint density at radius 1 is 1.47 bits per heavy atom. The van der Waals surface area contributed by atoms with Crippen molar-refractivity contribution in [3.8, 4) is 0 Å². The molecule has 0 aromatic carbocycles. The van der Waals surface area contributed by atoms with Crippen LogP contribution in [0.2, 0.25) is 0 Å². The molecule has 1 aliphatic rings. The SMILES string of the molecule is CCc1nc(Br)cc(NCC2CCC(O)C2)n1. The third kappa shape index (κ3) is 3.64. The highest BCUT2D eigenvalue weighted by atomic mass is 79.9. The van der Waals surface area contributed by atoms with Gasteiger partial charge in [0.25, 0.3) is 0 Å². The van der Waals surface area contributed by atoms with Crippen LogP contribution in [0.25, 0.3) is 0 Å². The fourth-order valence-electron chi connectivity index (χ4n) is 2.20. The van der Waals surface area contributed by atoms with Crippen LogP contribution in [0.5, 0.6) is 0 Å². The summed E-state index contributed by atoms with van der Waals surface area (Å²) in [5, 5.41) is 12.8. The average Bonchev–Trinajstić information content (AvgIpc) is 2.72. The zero-order valence-electron chi connectivity index (χ0n) is 9.99. The van der Waals surface area contributed by atoms with Crippen molar-refractivity contribution in [2.45, 2.75) is 38.7 Å². The van der Waals surface area contributed by atoms with Crippen molar-refractivity contribution in [2.24, 2.45) is 5.92 Å². The molecule has 1 aliphatic carbocycles. The predicted molar refractivity (Wildman–Crippen MR) is 70.9 cm³/mol. The van der Waals surface area contributed by atoms with Gasteiger partial charge >= 0.3 is 0 Å². The first-order valence-corrected chi connectivity index (χ1v) is 6.92. The largest absolute Gasteiger partial charge is 0.393 e. The molecule has 1 aromatic rings. The molecule has 5 heteroatoms. The number of nitrogens with one attached hydrogen (secondary N) is 1. The van der Waals surface area contributed by atoms with Crippen LogP contribution in [0.3, 0.4) is 0 Å². The van der Waals surface area contributed by atoms with E-state index in [0.29, 0.717) is 5.92 Å². The maximum Gasteiger partial charge on any atom is 0.131 e. The van der Waals surface area contributed by atoms with Crippen molar-refractivity contribution in [3.05, 3.63) is 16.5 Å². The number of aliphatic hydroxyl groups excluding tert-OH is 1. The molecule has 4 nitrogen and oxygen atoms in total. The summed E-state index contributed by atoms with van der Waals surface area (Å²) in [5.74, 6) is 2.27. The average molecular weight is 300 g/mol. The lowest BCUT2D eigenvalue weighted by molar-refractivity contribution is 0.178. The molecule has 1 aromatic heterocycles. The second-order valence-corrected chi connectivity index (χ2v) is 5.37. The number of aliphatic hydroxyl groups is 1. The molecule has 1 fully saturated rings. The summed E-state index contributed by atoms with van der Waals surface area (Å²) in [5.41, 5.74) is 0. The third-order valence-electron chi connectivity index (χ3n) is 3.14. The van der Waals surface area contributed by atoms with E-state index >= 15 is 0 Å². The van der Waals surface area contributed by atoms with E-state index in [1.165, 1.54) is 0 Å². The van der Waals surface area contributed by atoms with E-state index in [2.05, 4.69) is 31.2 Å². The monoisotopic (exact) mass is 299 g/mol. The van der Waals surface area contributed by atoms with Crippen LogP contribution >= 0.6 is 15.9 Å². The number of hydrogen-bond acceptors (Lipinski definition) is 4. The lowest BCUT2D eigenvalue weighted by atomic mass is 10.1.